The quantitative estimate of drug-likeness (QED) is 0.667. The van der Waals surface area contributed by atoms with Crippen molar-refractivity contribution >= 4 is 10.0 Å². The first kappa shape index (κ1) is 17.9. The Morgan fingerprint density at radius 2 is 1.56 bits per heavy atom. The van der Waals surface area contributed by atoms with Crippen LogP contribution in [0.2, 0.25) is 0 Å². The van der Waals surface area contributed by atoms with E-state index in [9.17, 15) is 8.42 Å². The van der Waals surface area contributed by atoms with Crippen LogP contribution in [0.1, 0.15) is 24.8 Å². The molecule has 3 aromatic rings. The number of hydrogen-bond donors (Lipinski definition) is 0. The van der Waals surface area contributed by atoms with Crippen LogP contribution >= 0.6 is 0 Å². The van der Waals surface area contributed by atoms with Crippen LogP contribution in [0.3, 0.4) is 0 Å². The molecule has 0 saturated carbocycles. The van der Waals surface area contributed by atoms with E-state index < -0.39 is 10.0 Å². The highest BCUT2D eigenvalue weighted by molar-refractivity contribution is 7.89. The Hall–Kier alpha value is -2.44. The first-order valence-electron chi connectivity index (χ1n) is 9.19. The van der Waals surface area contributed by atoms with Crippen LogP contribution < -0.4 is 0 Å². The molecule has 6 heteroatoms. The Labute approximate surface area is 159 Å². The Morgan fingerprint density at radius 1 is 0.889 bits per heavy atom. The lowest BCUT2D eigenvalue weighted by Gasteiger charge is -2.25. The van der Waals surface area contributed by atoms with E-state index in [-0.39, 0.29) is 5.03 Å². The number of aryl methyl sites for hydroxylation is 1. The summed E-state index contributed by atoms with van der Waals surface area (Å²) in [5.41, 5.74) is 2.59. The number of sulfonamides is 1. The van der Waals surface area contributed by atoms with Gasteiger partial charge in [-0.25, -0.2) is 8.42 Å². The third kappa shape index (κ3) is 3.55. The zero-order valence-corrected chi connectivity index (χ0v) is 16.1. The second-order valence-electron chi connectivity index (χ2n) is 6.85. The molecule has 0 spiro atoms. The first-order chi connectivity index (χ1) is 13.1. The van der Waals surface area contributed by atoms with Gasteiger partial charge in [-0.2, -0.15) is 9.29 Å². The Bertz CT molecular complexity index is 1020. The fourth-order valence-corrected chi connectivity index (χ4v) is 4.88. The van der Waals surface area contributed by atoms with Crippen molar-refractivity contribution in [3.8, 4) is 22.8 Å². The number of piperidine rings is 1. The highest BCUT2D eigenvalue weighted by atomic mass is 32.2. The molecular weight excluding hydrogens is 360 g/mol. The lowest BCUT2D eigenvalue weighted by Crippen LogP contribution is -2.36. The predicted octanol–water partition coefficient (Wildman–Crippen LogP) is 4.49. The van der Waals surface area contributed by atoms with E-state index in [1.54, 1.807) is 0 Å². The van der Waals surface area contributed by atoms with E-state index in [4.69, 9.17) is 4.42 Å². The van der Waals surface area contributed by atoms with E-state index in [1.807, 2.05) is 61.5 Å². The van der Waals surface area contributed by atoms with Crippen molar-refractivity contribution in [1.29, 1.82) is 0 Å². The van der Waals surface area contributed by atoms with E-state index >= 15 is 0 Å². The molecular formula is C21H22N2O3S. The summed E-state index contributed by atoms with van der Waals surface area (Å²) < 4.78 is 34.1. The van der Waals surface area contributed by atoms with E-state index in [0.29, 0.717) is 30.3 Å². The molecule has 0 aliphatic carbocycles. The van der Waals surface area contributed by atoms with Gasteiger partial charge in [-0.15, -0.1) is 0 Å². The summed E-state index contributed by atoms with van der Waals surface area (Å²) in [6.07, 6.45) is 2.82. The van der Waals surface area contributed by atoms with Crippen LogP contribution in [0.5, 0.6) is 0 Å². The number of benzene rings is 2. The summed E-state index contributed by atoms with van der Waals surface area (Å²) >= 11 is 0. The van der Waals surface area contributed by atoms with Gasteiger partial charge in [0.25, 0.3) is 10.0 Å². The van der Waals surface area contributed by atoms with Crippen molar-refractivity contribution < 1.29 is 12.8 Å². The van der Waals surface area contributed by atoms with Gasteiger partial charge in [-0.1, -0.05) is 54.4 Å². The molecule has 1 fully saturated rings. The molecule has 1 saturated heterocycles. The monoisotopic (exact) mass is 382 g/mol. The summed E-state index contributed by atoms with van der Waals surface area (Å²) in [7, 11) is -3.71. The summed E-state index contributed by atoms with van der Waals surface area (Å²) in [5, 5.41) is 0.00572. The third-order valence-corrected chi connectivity index (χ3v) is 6.64. The minimum Gasteiger partial charge on any atom is -0.435 e. The van der Waals surface area contributed by atoms with Crippen LogP contribution in [0.15, 0.2) is 64.0 Å². The maximum Gasteiger partial charge on any atom is 0.264 e. The molecule has 2 aromatic carbocycles. The number of aromatic nitrogens is 1. The van der Waals surface area contributed by atoms with Gasteiger partial charge in [-0.3, -0.25) is 0 Å². The van der Waals surface area contributed by atoms with Crippen molar-refractivity contribution in [1.82, 2.24) is 9.29 Å². The van der Waals surface area contributed by atoms with Gasteiger partial charge in [-0.05, 0) is 31.9 Å². The molecule has 0 bridgehead atoms. The standard InChI is InChI=1S/C21H22N2O3S/c1-16-10-12-18(13-11-16)20-22-21(19(26-20)17-8-4-2-5-9-17)27(24,25)23-14-6-3-7-15-23/h2,4-5,8-13H,3,6-7,14-15H2,1H3. The van der Waals surface area contributed by atoms with Crippen molar-refractivity contribution in [2.75, 3.05) is 13.1 Å². The molecule has 1 aliphatic heterocycles. The van der Waals surface area contributed by atoms with Gasteiger partial charge in [0.15, 0.2) is 5.76 Å². The van der Waals surface area contributed by atoms with Gasteiger partial charge < -0.3 is 4.42 Å². The van der Waals surface area contributed by atoms with Crippen LogP contribution in [0.4, 0.5) is 0 Å². The molecule has 4 rings (SSSR count). The largest absolute Gasteiger partial charge is 0.435 e. The van der Waals surface area contributed by atoms with Crippen LogP contribution in [-0.2, 0) is 10.0 Å². The normalized spacial score (nSPS) is 15.7. The molecule has 0 radical (unpaired) electrons. The average Bonchev–Trinajstić information content (AvgIpc) is 3.16. The van der Waals surface area contributed by atoms with E-state index in [0.717, 1.165) is 30.4 Å². The highest BCUT2D eigenvalue weighted by Crippen LogP contribution is 2.34. The minimum atomic E-state index is -3.71. The third-order valence-electron chi connectivity index (χ3n) is 4.83. The molecule has 0 amide bonds. The molecule has 5 nitrogen and oxygen atoms in total. The van der Waals surface area contributed by atoms with Crippen molar-refractivity contribution in [2.45, 2.75) is 31.2 Å². The fraction of sp³-hybridized carbons (Fsp3) is 0.286. The fourth-order valence-electron chi connectivity index (χ4n) is 3.30. The lowest BCUT2D eigenvalue weighted by atomic mass is 10.1. The molecule has 1 aromatic heterocycles. The summed E-state index contributed by atoms with van der Waals surface area (Å²) in [5.74, 6) is 0.626. The summed E-state index contributed by atoms with van der Waals surface area (Å²) in [6.45, 7) is 3.06. The molecule has 2 heterocycles. The van der Waals surface area contributed by atoms with Gasteiger partial charge in [0.2, 0.25) is 10.9 Å². The average molecular weight is 382 g/mol. The van der Waals surface area contributed by atoms with E-state index in [2.05, 4.69) is 4.98 Å². The predicted molar refractivity (Wildman–Crippen MR) is 105 cm³/mol. The maximum absolute atomic E-state index is 13.3. The van der Waals surface area contributed by atoms with Gasteiger partial charge in [0, 0.05) is 24.2 Å². The van der Waals surface area contributed by atoms with Gasteiger partial charge >= 0.3 is 0 Å². The first-order valence-corrected chi connectivity index (χ1v) is 10.6. The number of oxazole rings is 1. The summed E-state index contributed by atoms with van der Waals surface area (Å²) in [6, 6.07) is 17.0. The second kappa shape index (κ2) is 7.29. The highest BCUT2D eigenvalue weighted by Gasteiger charge is 2.33. The SMILES string of the molecule is Cc1ccc(-c2nc(S(=O)(=O)N3CCCCC3)c(-c3ccccc3)o2)cc1. The smallest absolute Gasteiger partial charge is 0.264 e. The minimum absolute atomic E-state index is 0.00572. The topological polar surface area (TPSA) is 63.4 Å². The number of hydrogen-bond acceptors (Lipinski definition) is 4. The van der Waals surface area contributed by atoms with Gasteiger partial charge in [0.05, 0.1) is 0 Å². The van der Waals surface area contributed by atoms with Crippen LogP contribution in [0.25, 0.3) is 22.8 Å². The molecule has 0 atom stereocenters. The molecule has 0 unspecified atom stereocenters. The van der Waals surface area contributed by atoms with Crippen LogP contribution in [0, 0.1) is 6.92 Å². The number of nitrogens with zero attached hydrogens (tertiary/aromatic N) is 2. The maximum atomic E-state index is 13.3. The van der Waals surface area contributed by atoms with Gasteiger partial charge in [0.1, 0.15) is 0 Å². The van der Waals surface area contributed by atoms with Crippen LogP contribution in [-0.4, -0.2) is 30.8 Å². The second-order valence-corrected chi connectivity index (χ2v) is 8.70. The zero-order valence-electron chi connectivity index (χ0n) is 15.3. The van der Waals surface area contributed by atoms with Crippen molar-refractivity contribution in [3.63, 3.8) is 0 Å². The Morgan fingerprint density at radius 3 is 2.22 bits per heavy atom. The summed E-state index contributed by atoms with van der Waals surface area (Å²) in [4.78, 5) is 4.44. The van der Waals surface area contributed by atoms with Crippen molar-refractivity contribution in [3.05, 3.63) is 60.2 Å². The molecule has 1 aliphatic rings. The molecule has 140 valence electrons. The lowest BCUT2D eigenvalue weighted by molar-refractivity contribution is 0.345. The van der Waals surface area contributed by atoms with Crippen molar-refractivity contribution in [2.24, 2.45) is 0 Å². The van der Waals surface area contributed by atoms with E-state index in [1.165, 1.54) is 4.31 Å². The zero-order chi connectivity index (χ0) is 18.9. The molecule has 27 heavy (non-hydrogen) atoms. The number of rotatable bonds is 4. The Balaban J connectivity index is 1.85. The Kier molecular flexibility index (Phi) is 4.85. The molecule has 0 N–H and O–H groups in total.